The molecule has 0 radical (unpaired) electrons. The van der Waals surface area contributed by atoms with Crippen molar-refractivity contribution >= 4 is 17.7 Å². The molecule has 1 unspecified atom stereocenters. The van der Waals surface area contributed by atoms with Crippen molar-refractivity contribution in [3.05, 3.63) is 107 Å². The number of hydrogen-bond acceptors (Lipinski definition) is 5. The molecule has 0 heterocycles. The SMILES string of the molecule is CNC(=O)C(CN(C)C(=O)[C@@H](COCc1ccccc1)N(C)C(=O)c1cccc(CN)c1)c1ccccc1F. The third-order valence-electron chi connectivity index (χ3n) is 6.55. The zero-order valence-electron chi connectivity index (χ0n) is 22.5. The first-order valence-electron chi connectivity index (χ1n) is 12.7. The van der Waals surface area contributed by atoms with Crippen molar-refractivity contribution in [2.75, 3.05) is 34.3 Å². The first kappa shape index (κ1) is 29.5. The van der Waals surface area contributed by atoms with Crippen LogP contribution in [0.2, 0.25) is 0 Å². The van der Waals surface area contributed by atoms with Crippen molar-refractivity contribution in [3.8, 4) is 0 Å². The number of amides is 3. The smallest absolute Gasteiger partial charge is 0.254 e. The topological polar surface area (TPSA) is 105 Å². The number of nitrogens with one attached hydrogen (secondary N) is 1. The lowest BCUT2D eigenvalue weighted by atomic mass is 9.96. The molecule has 3 rings (SSSR count). The fraction of sp³-hybridized carbons (Fsp3) is 0.300. The number of carbonyl (C=O) groups excluding carboxylic acids is 3. The maximum absolute atomic E-state index is 14.6. The zero-order valence-corrected chi connectivity index (χ0v) is 22.5. The summed E-state index contributed by atoms with van der Waals surface area (Å²) in [6, 6.07) is 21.3. The van der Waals surface area contributed by atoms with Crippen LogP contribution in [0.3, 0.4) is 0 Å². The largest absolute Gasteiger partial charge is 0.374 e. The summed E-state index contributed by atoms with van der Waals surface area (Å²) in [5.74, 6) is -2.74. The van der Waals surface area contributed by atoms with E-state index in [-0.39, 0.29) is 37.8 Å². The Bertz CT molecular complexity index is 1270. The molecule has 3 amide bonds. The number of nitrogens with zero attached hydrogens (tertiary/aromatic N) is 2. The van der Waals surface area contributed by atoms with Gasteiger partial charge in [0, 0.05) is 45.4 Å². The Morgan fingerprint density at radius 2 is 1.62 bits per heavy atom. The van der Waals surface area contributed by atoms with Crippen molar-refractivity contribution < 1.29 is 23.5 Å². The molecule has 0 aliphatic carbocycles. The van der Waals surface area contributed by atoms with Crippen LogP contribution in [0.5, 0.6) is 0 Å². The molecule has 2 atom stereocenters. The number of likely N-dealkylation sites (N-methyl/N-ethyl adjacent to an activating group) is 3. The first-order chi connectivity index (χ1) is 18.8. The Morgan fingerprint density at radius 1 is 0.949 bits per heavy atom. The minimum absolute atomic E-state index is 0.0821. The van der Waals surface area contributed by atoms with Gasteiger partial charge in [-0.25, -0.2) is 4.39 Å². The minimum Gasteiger partial charge on any atom is -0.374 e. The molecule has 0 aliphatic rings. The molecule has 3 N–H and O–H groups in total. The molecule has 0 saturated carbocycles. The second kappa shape index (κ2) is 14.2. The normalized spacial score (nSPS) is 12.3. The summed E-state index contributed by atoms with van der Waals surface area (Å²) < 4.78 is 20.5. The van der Waals surface area contributed by atoms with Gasteiger partial charge in [0.1, 0.15) is 11.9 Å². The summed E-state index contributed by atoms with van der Waals surface area (Å²) in [5, 5.41) is 2.55. The van der Waals surface area contributed by atoms with Crippen LogP contribution in [0.25, 0.3) is 0 Å². The summed E-state index contributed by atoms with van der Waals surface area (Å²) in [6.07, 6.45) is 0. The van der Waals surface area contributed by atoms with Crippen molar-refractivity contribution in [3.63, 3.8) is 0 Å². The highest BCUT2D eigenvalue weighted by molar-refractivity contribution is 5.97. The average Bonchev–Trinajstić information content (AvgIpc) is 2.97. The van der Waals surface area contributed by atoms with Crippen LogP contribution < -0.4 is 11.1 Å². The van der Waals surface area contributed by atoms with Crippen molar-refractivity contribution in [2.24, 2.45) is 5.73 Å². The van der Waals surface area contributed by atoms with Crippen LogP contribution in [-0.2, 0) is 27.5 Å². The zero-order chi connectivity index (χ0) is 28.4. The summed E-state index contributed by atoms with van der Waals surface area (Å²) in [5.41, 5.74) is 8.01. The number of hydrogen-bond donors (Lipinski definition) is 2. The summed E-state index contributed by atoms with van der Waals surface area (Å²) in [4.78, 5) is 42.5. The quantitative estimate of drug-likeness (QED) is 0.372. The Morgan fingerprint density at radius 3 is 2.28 bits per heavy atom. The van der Waals surface area contributed by atoms with Gasteiger partial charge in [-0.2, -0.15) is 0 Å². The number of carbonyl (C=O) groups is 3. The molecular formula is C30H35FN4O4. The Balaban J connectivity index is 1.85. The molecule has 3 aromatic carbocycles. The predicted octanol–water partition coefficient (Wildman–Crippen LogP) is 2.93. The number of rotatable bonds is 12. The van der Waals surface area contributed by atoms with Gasteiger partial charge in [-0.1, -0.05) is 60.7 Å². The molecular weight excluding hydrogens is 499 g/mol. The van der Waals surface area contributed by atoms with E-state index in [1.807, 2.05) is 36.4 Å². The van der Waals surface area contributed by atoms with E-state index in [2.05, 4.69) is 5.32 Å². The van der Waals surface area contributed by atoms with E-state index in [1.54, 1.807) is 24.3 Å². The van der Waals surface area contributed by atoms with Crippen LogP contribution in [0, 0.1) is 5.82 Å². The molecule has 39 heavy (non-hydrogen) atoms. The van der Waals surface area contributed by atoms with Gasteiger partial charge in [0.05, 0.1) is 19.1 Å². The highest BCUT2D eigenvalue weighted by Gasteiger charge is 2.33. The lowest BCUT2D eigenvalue weighted by Gasteiger charge is -2.32. The Kier molecular flexibility index (Phi) is 10.7. The van der Waals surface area contributed by atoms with Crippen molar-refractivity contribution in [1.29, 1.82) is 0 Å². The van der Waals surface area contributed by atoms with Gasteiger partial charge in [-0.05, 0) is 29.3 Å². The number of benzene rings is 3. The molecule has 0 aliphatic heterocycles. The third-order valence-corrected chi connectivity index (χ3v) is 6.55. The van der Waals surface area contributed by atoms with Gasteiger partial charge in [0.15, 0.2) is 0 Å². The fourth-order valence-corrected chi connectivity index (χ4v) is 4.26. The summed E-state index contributed by atoms with van der Waals surface area (Å²) in [7, 11) is 4.52. The average molecular weight is 535 g/mol. The van der Waals surface area contributed by atoms with E-state index in [1.165, 1.54) is 49.1 Å². The van der Waals surface area contributed by atoms with E-state index in [0.29, 0.717) is 5.56 Å². The maximum atomic E-state index is 14.6. The van der Waals surface area contributed by atoms with Gasteiger partial charge in [-0.3, -0.25) is 14.4 Å². The van der Waals surface area contributed by atoms with Gasteiger partial charge in [0.2, 0.25) is 11.8 Å². The van der Waals surface area contributed by atoms with E-state index in [9.17, 15) is 18.8 Å². The molecule has 0 spiro atoms. The highest BCUT2D eigenvalue weighted by atomic mass is 19.1. The van der Waals surface area contributed by atoms with Crippen molar-refractivity contribution in [1.82, 2.24) is 15.1 Å². The van der Waals surface area contributed by atoms with Crippen LogP contribution in [-0.4, -0.2) is 67.9 Å². The molecule has 0 bridgehead atoms. The van der Waals surface area contributed by atoms with E-state index in [0.717, 1.165) is 11.1 Å². The van der Waals surface area contributed by atoms with E-state index < -0.39 is 29.6 Å². The Hall–Kier alpha value is -4.08. The lowest BCUT2D eigenvalue weighted by Crippen LogP contribution is -2.52. The van der Waals surface area contributed by atoms with E-state index >= 15 is 0 Å². The standard InChI is InChI=1S/C30H35FN4O4/c1-33-28(36)25(24-14-7-8-15-26(24)31)18-34(2)30(38)27(20-39-19-21-10-5-4-6-11-21)35(3)29(37)23-13-9-12-22(16-23)17-32/h4-16,25,27H,17-20,32H2,1-3H3,(H,33,36)/t25?,27-/m1/s1. The summed E-state index contributed by atoms with van der Waals surface area (Å²) >= 11 is 0. The van der Waals surface area contributed by atoms with Gasteiger partial charge < -0.3 is 25.6 Å². The molecule has 0 saturated heterocycles. The number of halogens is 1. The van der Waals surface area contributed by atoms with Crippen LogP contribution in [0.1, 0.15) is 33.0 Å². The molecule has 9 heteroatoms. The van der Waals surface area contributed by atoms with Crippen molar-refractivity contribution in [2.45, 2.75) is 25.1 Å². The molecule has 8 nitrogen and oxygen atoms in total. The second-order valence-corrected chi connectivity index (χ2v) is 9.24. The molecule has 0 aromatic heterocycles. The van der Waals surface area contributed by atoms with Gasteiger partial charge >= 0.3 is 0 Å². The first-order valence-corrected chi connectivity index (χ1v) is 12.7. The number of ether oxygens (including phenoxy) is 1. The molecule has 3 aromatic rings. The monoisotopic (exact) mass is 534 g/mol. The minimum atomic E-state index is -1.00. The second-order valence-electron chi connectivity index (χ2n) is 9.24. The fourth-order valence-electron chi connectivity index (χ4n) is 4.26. The van der Waals surface area contributed by atoms with E-state index in [4.69, 9.17) is 10.5 Å². The molecule has 0 fully saturated rings. The predicted molar refractivity (Wildman–Crippen MR) is 147 cm³/mol. The van der Waals surface area contributed by atoms with Crippen LogP contribution in [0.15, 0.2) is 78.9 Å². The van der Waals surface area contributed by atoms with Gasteiger partial charge in [-0.15, -0.1) is 0 Å². The summed E-state index contributed by atoms with van der Waals surface area (Å²) in [6.45, 7) is 0.336. The number of nitrogens with two attached hydrogens (primary N) is 1. The van der Waals surface area contributed by atoms with Crippen LogP contribution in [0.4, 0.5) is 4.39 Å². The maximum Gasteiger partial charge on any atom is 0.254 e. The van der Waals surface area contributed by atoms with Gasteiger partial charge in [0.25, 0.3) is 5.91 Å². The van der Waals surface area contributed by atoms with Crippen LogP contribution >= 0.6 is 0 Å². The third kappa shape index (κ3) is 7.72. The lowest BCUT2D eigenvalue weighted by molar-refractivity contribution is -0.137. The Labute approximate surface area is 228 Å². The molecule has 206 valence electrons. The highest BCUT2D eigenvalue weighted by Crippen LogP contribution is 2.22.